The molecule has 1 aromatic heterocycles. The summed E-state index contributed by atoms with van der Waals surface area (Å²) in [5.41, 5.74) is 2.52. The maximum absolute atomic E-state index is 12.5. The number of hydrogen-bond acceptors (Lipinski definition) is 3. The molecule has 1 aromatic carbocycles. The first kappa shape index (κ1) is 12.8. The van der Waals surface area contributed by atoms with Gasteiger partial charge in [0.1, 0.15) is 5.82 Å². The molecule has 102 valence electrons. The summed E-state index contributed by atoms with van der Waals surface area (Å²) in [6, 6.07) is 13.6. The molecule has 1 N–H and O–H groups in total. The van der Waals surface area contributed by atoms with Crippen LogP contribution >= 0.6 is 0 Å². The van der Waals surface area contributed by atoms with Gasteiger partial charge in [-0.3, -0.25) is 9.69 Å². The number of amides is 1. The van der Waals surface area contributed by atoms with Crippen molar-refractivity contribution in [1.82, 2.24) is 10.3 Å². The number of benzene rings is 1. The molecule has 1 amide bonds. The Morgan fingerprint density at radius 2 is 1.95 bits per heavy atom. The first-order valence-electron chi connectivity index (χ1n) is 6.74. The quantitative estimate of drug-likeness (QED) is 0.901. The van der Waals surface area contributed by atoms with Crippen LogP contribution in [0.2, 0.25) is 0 Å². The summed E-state index contributed by atoms with van der Waals surface area (Å²) < 4.78 is 0. The van der Waals surface area contributed by atoms with E-state index in [1.54, 1.807) is 18.1 Å². The van der Waals surface area contributed by atoms with E-state index in [0.717, 1.165) is 13.0 Å². The molecule has 20 heavy (non-hydrogen) atoms. The van der Waals surface area contributed by atoms with Gasteiger partial charge in [-0.1, -0.05) is 30.3 Å². The first-order valence-corrected chi connectivity index (χ1v) is 6.74. The number of likely N-dealkylation sites (N-methyl/N-ethyl adjacent to an activating group) is 1. The molecule has 0 bridgehead atoms. The van der Waals surface area contributed by atoms with Crippen molar-refractivity contribution in [3.63, 3.8) is 0 Å². The number of anilines is 1. The Labute approximate surface area is 118 Å². The highest BCUT2D eigenvalue weighted by atomic mass is 16.2. The summed E-state index contributed by atoms with van der Waals surface area (Å²) >= 11 is 0. The van der Waals surface area contributed by atoms with Crippen molar-refractivity contribution >= 4 is 11.7 Å². The minimum atomic E-state index is -0.183. The summed E-state index contributed by atoms with van der Waals surface area (Å²) in [6.07, 6.45) is 2.43. The zero-order chi connectivity index (χ0) is 13.9. The molecule has 2 aromatic rings. The maximum Gasteiger partial charge on any atom is 0.245 e. The van der Waals surface area contributed by atoms with Crippen LogP contribution in [-0.2, 0) is 17.8 Å². The van der Waals surface area contributed by atoms with Gasteiger partial charge in [0, 0.05) is 19.8 Å². The third-order valence-corrected chi connectivity index (χ3v) is 3.70. The molecule has 4 heteroatoms. The van der Waals surface area contributed by atoms with Gasteiger partial charge in [-0.05, 0) is 29.7 Å². The molecule has 0 unspecified atom stereocenters. The van der Waals surface area contributed by atoms with E-state index in [2.05, 4.69) is 22.4 Å². The van der Waals surface area contributed by atoms with E-state index in [1.807, 2.05) is 30.3 Å². The van der Waals surface area contributed by atoms with Gasteiger partial charge in [0.15, 0.2) is 0 Å². The van der Waals surface area contributed by atoms with Gasteiger partial charge in [-0.2, -0.15) is 0 Å². The van der Waals surface area contributed by atoms with Crippen molar-refractivity contribution in [2.45, 2.75) is 19.0 Å². The minimum Gasteiger partial charge on any atom is -0.301 e. The van der Waals surface area contributed by atoms with E-state index in [1.165, 1.54) is 11.1 Å². The fraction of sp³-hybridized carbons (Fsp3) is 0.250. The first-order chi connectivity index (χ1) is 9.75. The number of rotatable bonds is 2. The molecule has 4 nitrogen and oxygen atoms in total. The average molecular weight is 267 g/mol. The van der Waals surface area contributed by atoms with Crippen molar-refractivity contribution < 1.29 is 4.79 Å². The van der Waals surface area contributed by atoms with Crippen molar-refractivity contribution in [2.24, 2.45) is 0 Å². The Morgan fingerprint density at radius 3 is 2.70 bits per heavy atom. The summed E-state index contributed by atoms with van der Waals surface area (Å²) in [6.45, 7) is 0.739. The monoisotopic (exact) mass is 267 g/mol. The summed E-state index contributed by atoms with van der Waals surface area (Å²) in [5.74, 6) is 0.733. The van der Waals surface area contributed by atoms with Gasteiger partial charge >= 0.3 is 0 Å². The highest BCUT2D eigenvalue weighted by Crippen LogP contribution is 2.18. The molecule has 0 saturated heterocycles. The number of nitrogens with one attached hydrogen (secondary N) is 1. The normalized spacial score (nSPS) is 17.4. The van der Waals surface area contributed by atoms with Crippen molar-refractivity contribution in [3.05, 3.63) is 59.8 Å². The number of carbonyl (C=O) groups excluding carboxylic acids is 1. The largest absolute Gasteiger partial charge is 0.301 e. The number of nitrogens with zero attached hydrogens (tertiary/aromatic N) is 2. The lowest BCUT2D eigenvalue weighted by atomic mass is 9.95. The second kappa shape index (κ2) is 5.43. The van der Waals surface area contributed by atoms with Crippen molar-refractivity contribution in [1.29, 1.82) is 0 Å². The van der Waals surface area contributed by atoms with Gasteiger partial charge in [-0.15, -0.1) is 0 Å². The Bertz CT molecular complexity index is 612. The molecular formula is C16H17N3O. The summed E-state index contributed by atoms with van der Waals surface area (Å²) in [7, 11) is 1.77. The fourth-order valence-corrected chi connectivity index (χ4v) is 2.53. The average Bonchev–Trinajstić information content (AvgIpc) is 2.54. The lowest BCUT2D eigenvalue weighted by Gasteiger charge is -2.28. The highest BCUT2D eigenvalue weighted by molar-refractivity contribution is 5.96. The second-order valence-corrected chi connectivity index (χ2v) is 4.99. The van der Waals surface area contributed by atoms with E-state index in [-0.39, 0.29) is 11.9 Å². The Kier molecular flexibility index (Phi) is 3.48. The Morgan fingerprint density at radius 1 is 1.20 bits per heavy atom. The Balaban J connectivity index is 1.76. The smallest absolute Gasteiger partial charge is 0.245 e. The molecule has 0 radical (unpaired) electrons. The third-order valence-electron chi connectivity index (χ3n) is 3.70. The molecule has 0 fully saturated rings. The fourth-order valence-electron chi connectivity index (χ4n) is 2.53. The molecule has 2 heterocycles. The number of hydrogen-bond donors (Lipinski definition) is 1. The molecule has 3 rings (SSSR count). The van der Waals surface area contributed by atoms with E-state index < -0.39 is 0 Å². The molecule has 1 aliphatic heterocycles. The highest BCUT2D eigenvalue weighted by Gasteiger charge is 2.27. The summed E-state index contributed by atoms with van der Waals surface area (Å²) in [4.78, 5) is 18.4. The van der Waals surface area contributed by atoms with Crippen molar-refractivity contribution in [3.8, 4) is 0 Å². The molecule has 0 spiro atoms. The molecule has 0 saturated carbocycles. The van der Waals surface area contributed by atoms with E-state index in [9.17, 15) is 4.79 Å². The van der Waals surface area contributed by atoms with E-state index >= 15 is 0 Å². The van der Waals surface area contributed by atoms with Crippen LogP contribution in [0.5, 0.6) is 0 Å². The van der Waals surface area contributed by atoms with Gasteiger partial charge in [-0.25, -0.2) is 4.98 Å². The topological polar surface area (TPSA) is 45.2 Å². The van der Waals surface area contributed by atoms with Crippen LogP contribution in [0, 0.1) is 0 Å². The maximum atomic E-state index is 12.5. The number of carbonyl (C=O) groups is 1. The standard InChI is InChI=1S/C16H17N3O/c1-19(15-8-4-5-9-17-15)16(20)14-10-12-6-2-3-7-13(12)11-18-14/h2-9,14,18H,10-11H2,1H3/t14-/m1/s1. The van der Waals surface area contributed by atoms with Crippen LogP contribution in [0.3, 0.4) is 0 Å². The number of aromatic nitrogens is 1. The van der Waals surface area contributed by atoms with Crippen LogP contribution in [-0.4, -0.2) is 24.0 Å². The lowest BCUT2D eigenvalue weighted by molar-refractivity contribution is -0.120. The number of pyridine rings is 1. The van der Waals surface area contributed by atoms with Crippen LogP contribution < -0.4 is 10.2 Å². The van der Waals surface area contributed by atoms with E-state index in [4.69, 9.17) is 0 Å². The molecular weight excluding hydrogens is 250 g/mol. The molecule has 1 atom stereocenters. The zero-order valence-electron chi connectivity index (χ0n) is 11.4. The van der Waals surface area contributed by atoms with E-state index in [0.29, 0.717) is 5.82 Å². The predicted molar refractivity (Wildman–Crippen MR) is 78.4 cm³/mol. The zero-order valence-corrected chi connectivity index (χ0v) is 11.4. The number of fused-ring (bicyclic) bond motifs is 1. The predicted octanol–water partition coefficient (Wildman–Crippen LogP) is 1.76. The molecule has 0 aliphatic carbocycles. The lowest BCUT2D eigenvalue weighted by Crippen LogP contribution is -2.48. The minimum absolute atomic E-state index is 0.0539. The van der Waals surface area contributed by atoms with Crippen molar-refractivity contribution in [2.75, 3.05) is 11.9 Å². The summed E-state index contributed by atoms with van der Waals surface area (Å²) in [5, 5.41) is 3.31. The second-order valence-electron chi connectivity index (χ2n) is 4.99. The Hall–Kier alpha value is -2.20. The van der Waals surface area contributed by atoms with Crippen LogP contribution in [0.25, 0.3) is 0 Å². The molecule has 1 aliphatic rings. The third kappa shape index (κ3) is 2.42. The SMILES string of the molecule is CN(C(=O)[C@H]1Cc2ccccc2CN1)c1ccccn1. The van der Waals surface area contributed by atoms with Crippen LogP contribution in [0.15, 0.2) is 48.7 Å². The van der Waals surface area contributed by atoms with Gasteiger partial charge in [0.25, 0.3) is 0 Å². The van der Waals surface area contributed by atoms with Gasteiger partial charge in [0.2, 0.25) is 5.91 Å². The van der Waals surface area contributed by atoms with Gasteiger partial charge in [0.05, 0.1) is 6.04 Å². The van der Waals surface area contributed by atoms with Gasteiger partial charge < -0.3 is 5.32 Å². The van der Waals surface area contributed by atoms with Crippen LogP contribution in [0.1, 0.15) is 11.1 Å². The van der Waals surface area contributed by atoms with Crippen LogP contribution in [0.4, 0.5) is 5.82 Å².